The third-order valence-electron chi connectivity index (χ3n) is 7.29. The molecule has 1 aromatic carbocycles. The van der Waals surface area contributed by atoms with Gasteiger partial charge in [0.2, 0.25) is 12.3 Å². The molecule has 35 heavy (non-hydrogen) atoms. The fraction of sp³-hybridized carbons (Fsp3) is 0.679. The van der Waals surface area contributed by atoms with E-state index in [-0.39, 0.29) is 18.1 Å². The Morgan fingerprint density at radius 3 is 2.40 bits per heavy atom. The number of piperidine rings is 1. The maximum Gasteiger partial charge on any atom is 0.233 e. The lowest BCUT2D eigenvalue weighted by atomic mass is 9.74. The van der Waals surface area contributed by atoms with Gasteiger partial charge in [-0.25, -0.2) is 5.06 Å². The highest BCUT2D eigenvalue weighted by atomic mass is 16.5. The van der Waals surface area contributed by atoms with Crippen molar-refractivity contribution in [1.29, 1.82) is 0 Å². The molecule has 1 saturated heterocycles. The largest absolute Gasteiger partial charge is 0.355 e. The van der Waals surface area contributed by atoms with Crippen LogP contribution >= 0.6 is 0 Å². The molecule has 1 aromatic rings. The Labute approximate surface area is 211 Å². The SMILES string of the molecule is C[C@@H]([C@@H](CCCc1ccccc1)C(=O)C[C@H](C(=O)NCCN1CCCCC1)C(C)(C)C)N(O)C=O. The fourth-order valence-corrected chi connectivity index (χ4v) is 4.91. The first-order chi connectivity index (χ1) is 16.6. The molecule has 3 atom stereocenters. The lowest BCUT2D eigenvalue weighted by Gasteiger charge is -2.33. The van der Waals surface area contributed by atoms with Crippen LogP contribution in [0.25, 0.3) is 0 Å². The molecule has 2 N–H and O–H groups in total. The van der Waals surface area contributed by atoms with Gasteiger partial charge in [0.1, 0.15) is 5.78 Å². The summed E-state index contributed by atoms with van der Waals surface area (Å²) in [6, 6.07) is 9.39. The monoisotopic (exact) mass is 487 g/mol. The van der Waals surface area contributed by atoms with Crippen LogP contribution in [0.2, 0.25) is 0 Å². The number of rotatable bonds is 14. The van der Waals surface area contributed by atoms with Crippen LogP contribution in [-0.2, 0) is 20.8 Å². The molecule has 0 aromatic heterocycles. The zero-order chi connectivity index (χ0) is 25.8. The van der Waals surface area contributed by atoms with Crippen molar-refractivity contribution in [2.24, 2.45) is 17.3 Å². The minimum Gasteiger partial charge on any atom is -0.355 e. The quantitative estimate of drug-likeness (QED) is 0.234. The van der Waals surface area contributed by atoms with Crippen molar-refractivity contribution in [2.45, 2.75) is 78.7 Å². The van der Waals surface area contributed by atoms with Gasteiger partial charge in [-0.3, -0.25) is 19.6 Å². The number of aryl methyl sites for hydroxylation is 1. The molecule has 0 unspecified atom stereocenters. The van der Waals surface area contributed by atoms with Crippen molar-refractivity contribution in [2.75, 3.05) is 26.2 Å². The van der Waals surface area contributed by atoms with Gasteiger partial charge in [0.15, 0.2) is 0 Å². The second-order valence-electron chi connectivity index (χ2n) is 11.0. The van der Waals surface area contributed by atoms with Gasteiger partial charge >= 0.3 is 0 Å². The van der Waals surface area contributed by atoms with Gasteiger partial charge in [0.25, 0.3) is 0 Å². The van der Waals surface area contributed by atoms with Gasteiger partial charge in [-0.05, 0) is 63.1 Å². The molecule has 2 amide bonds. The summed E-state index contributed by atoms with van der Waals surface area (Å²) in [7, 11) is 0. The molecule has 2 rings (SSSR count). The first-order valence-corrected chi connectivity index (χ1v) is 13.1. The highest BCUT2D eigenvalue weighted by Crippen LogP contribution is 2.32. The standard InChI is InChI=1S/C28H45N3O4/c1-22(31(35)21-32)24(15-11-14-23-12-7-5-8-13-23)26(33)20-25(28(2,3)4)27(34)29-16-19-30-17-9-6-10-18-30/h5,7-8,12-13,21-22,24-25,35H,6,9-11,14-20H2,1-4H3,(H,29,34)/t22-,24+,25+/m0/s1. The molecule has 196 valence electrons. The van der Waals surface area contributed by atoms with Crippen LogP contribution in [0.15, 0.2) is 30.3 Å². The summed E-state index contributed by atoms with van der Waals surface area (Å²) in [6.45, 7) is 11.2. The van der Waals surface area contributed by atoms with Crippen LogP contribution < -0.4 is 5.32 Å². The number of Topliss-reactive ketones (excluding diaryl/α,β-unsaturated/α-hetero) is 1. The van der Waals surface area contributed by atoms with E-state index in [1.165, 1.54) is 24.8 Å². The molecule has 1 heterocycles. The van der Waals surface area contributed by atoms with Gasteiger partial charge in [0.05, 0.1) is 6.04 Å². The summed E-state index contributed by atoms with van der Waals surface area (Å²) in [4.78, 5) is 40.2. The van der Waals surface area contributed by atoms with Crippen LogP contribution in [0, 0.1) is 17.3 Å². The average molecular weight is 488 g/mol. The van der Waals surface area contributed by atoms with Gasteiger partial charge in [-0.1, -0.05) is 57.5 Å². The number of amides is 2. The second kappa shape index (κ2) is 14.3. The number of nitrogens with one attached hydrogen (secondary N) is 1. The smallest absolute Gasteiger partial charge is 0.233 e. The average Bonchev–Trinajstić information content (AvgIpc) is 2.84. The third-order valence-corrected chi connectivity index (χ3v) is 7.29. The summed E-state index contributed by atoms with van der Waals surface area (Å²) in [6.07, 6.45) is 6.22. The van der Waals surface area contributed by atoms with E-state index in [9.17, 15) is 19.6 Å². The van der Waals surface area contributed by atoms with E-state index in [4.69, 9.17) is 0 Å². The lowest BCUT2D eigenvalue weighted by molar-refractivity contribution is -0.166. The van der Waals surface area contributed by atoms with Crippen LogP contribution in [0.3, 0.4) is 0 Å². The third kappa shape index (κ3) is 9.73. The van der Waals surface area contributed by atoms with Crippen LogP contribution in [0.5, 0.6) is 0 Å². The normalized spacial score (nSPS) is 17.3. The van der Waals surface area contributed by atoms with E-state index in [2.05, 4.69) is 10.2 Å². The van der Waals surface area contributed by atoms with Gasteiger partial charge in [-0.15, -0.1) is 0 Å². The molecule has 0 radical (unpaired) electrons. The summed E-state index contributed by atoms with van der Waals surface area (Å²) in [5.74, 6) is -1.21. The first-order valence-electron chi connectivity index (χ1n) is 13.1. The number of hydrogen-bond acceptors (Lipinski definition) is 5. The Bertz CT molecular complexity index is 787. The molecule has 7 nitrogen and oxygen atoms in total. The molecule has 1 aliphatic rings. The lowest BCUT2D eigenvalue weighted by Crippen LogP contribution is -2.45. The molecule has 0 aliphatic carbocycles. The number of likely N-dealkylation sites (tertiary alicyclic amines) is 1. The van der Waals surface area contributed by atoms with Crippen LogP contribution in [0.1, 0.15) is 71.8 Å². The number of carbonyl (C=O) groups excluding carboxylic acids is 3. The zero-order valence-corrected chi connectivity index (χ0v) is 22.0. The fourth-order valence-electron chi connectivity index (χ4n) is 4.91. The van der Waals surface area contributed by atoms with E-state index in [0.29, 0.717) is 24.4 Å². The second-order valence-corrected chi connectivity index (χ2v) is 11.0. The maximum atomic E-state index is 13.5. The predicted molar refractivity (Wildman–Crippen MR) is 138 cm³/mol. The Kier molecular flexibility index (Phi) is 11.9. The highest BCUT2D eigenvalue weighted by Gasteiger charge is 2.37. The van der Waals surface area contributed by atoms with Crippen molar-refractivity contribution < 1.29 is 19.6 Å². The van der Waals surface area contributed by atoms with Crippen molar-refractivity contribution in [3.05, 3.63) is 35.9 Å². The molecular formula is C28H45N3O4. The summed E-state index contributed by atoms with van der Waals surface area (Å²) >= 11 is 0. The number of hydrogen-bond donors (Lipinski definition) is 2. The molecule has 1 fully saturated rings. The highest BCUT2D eigenvalue weighted by molar-refractivity contribution is 5.89. The van der Waals surface area contributed by atoms with E-state index in [1.54, 1.807) is 6.92 Å². The topological polar surface area (TPSA) is 90.0 Å². The minimum absolute atomic E-state index is 0.0856. The Morgan fingerprint density at radius 1 is 1.14 bits per heavy atom. The summed E-state index contributed by atoms with van der Waals surface area (Å²) in [5, 5.41) is 13.7. The zero-order valence-electron chi connectivity index (χ0n) is 22.0. The molecule has 0 spiro atoms. The molecule has 1 aliphatic heterocycles. The minimum atomic E-state index is -0.654. The van der Waals surface area contributed by atoms with E-state index in [1.807, 2.05) is 51.1 Å². The van der Waals surface area contributed by atoms with Crippen LogP contribution in [-0.4, -0.2) is 65.5 Å². The van der Waals surface area contributed by atoms with Crippen LogP contribution in [0.4, 0.5) is 0 Å². The number of carbonyl (C=O) groups is 3. The van der Waals surface area contributed by atoms with E-state index in [0.717, 1.165) is 32.5 Å². The maximum absolute atomic E-state index is 13.5. The van der Waals surface area contributed by atoms with Crippen molar-refractivity contribution in [3.63, 3.8) is 0 Å². The number of benzene rings is 1. The Morgan fingerprint density at radius 2 is 1.80 bits per heavy atom. The van der Waals surface area contributed by atoms with E-state index < -0.39 is 23.3 Å². The molecular weight excluding hydrogens is 442 g/mol. The van der Waals surface area contributed by atoms with Gasteiger partial charge < -0.3 is 10.2 Å². The van der Waals surface area contributed by atoms with Crippen molar-refractivity contribution in [3.8, 4) is 0 Å². The number of nitrogens with zero attached hydrogens (tertiary/aromatic N) is 2. The predicted octanol–water partition coefficient (Wildman–Crippen LogP) is 4.09. The van der Waals surface area contributed by atoms with Gasteiger partial charge in [-0.2, -0.15) is 0 Å². The number of hydroxylamine groups is 2. The Hall–Kier alpha value is -2.25. The molecule has 0 bridgehead atoms. The summed E-state index contributed by atoms with van der Waals surface area (Å²) in [5.41, 5.74) is 0.787. The van der Waals surface area contributed by atoms with E-state index >= 15 is 0 Å². The van der Waals surface area contributed by atoms with Crippen molar-refractivity contribution in [1.82, 2.24) is 15.3 Å². The van der Waals surface area contributed by atoms with Gasteiger partial charge in [0, 0.05) is 31.3 Å². The van der Waals surface area contributed by atoms with Crippen molar-refractivity contribution >= 4 is 18.1 Å². The first kappa shape index (κ1) is 29.0. The molecule has 0 saturated carbocycles. The number of ketones is 1. The Balaban J connectivity index is 2.01. The molecule has 7 heteroatoms. The summed E-state index contributed by atoms with van der Waals surface area (Å²) < 4.78 is 0.